The van der Waals surface area contributed by atoms with E-state index in [1.165, 1.54) is 14.8 Å². The van der Waals surface area contributed by atoms with Gasteiger partial charge in [-0.1, -0.05) is 30.3 Å². The molecular formula is C18H21IN2. The number of nitrogens with one attached hydrogen (secondary N) is 1. The van der Waals surface area contributed by atoms with E-state index in [0.29, 0.717) is 12.1 Å². The molecule has 0 saturated carbocycles. The molecule has 0 amide bonds. The van der Waals surface area contributed by atoms with Gasteiger partial charge in [0.15, 0.2) is 0 Å². The average molecular weight is 392 g/mol. The molecule has 2 aromatic rings. The minimum atomic E-state index is 0.517. The standard InChI is InChI=1S/C18H21IN2/c1-14-12-20-17(11-15-5-3-2-4-6-15)13-21(14)18-9-7-16(19)8-10-18/h2-10,14,17,20H,11-13H2,1H3. The van der Waals surface area contributed by atoms with Crippen molar-refractivity contribution in [1.29, 1.82) is 0 Å². The summed E-state index contributed by atoms with van der Waals surface area (Å²) in [5.74, 6) is 0. The third-order valence-electron chi connectivity index (χ3n) is 4.13. The summed E-state index contributed by atoms with van der Waals surface area (Å²) < 4.78 is 1.29. The number of rotatable bonds is 3. The summed E-state index contributed by atoms with van der Waals surface area (Å²) in [6, 6.07) is 20.7. The Morgan fingerprint density at radius 2 is 1.81 bits per heavy atom. The Morgan fingerprint density at radius 3 is 2.52 bits per heavy atom. The van der Waals surface area contributed by atoms with Crippen molar-refractivity contribution in [2.45, 2.75) is 25.4 Å². The maximum absolute atomic E-state index is 3.69. The zero-order chi connectivity index (χ0) is 14.7. The minimum Gasteiger partial charge on any atom is -0.366 e. The van der Waals surface area contributed by atoms with E-state index >= 15 is 0 Å². The average Bonchev–Trinajstić information content (AvgIpc) is 2.51. The molecule has 110 valence electrons. The van der Waals surface area contributed by atoms with Gasteiger partial charge in [0.05, 0.1) is 0 Å². The van der Waals surface area contributed by atoms with E-state index in [1.807, 2.05) is 0 Å². The second-order valence-corrected chi connectivity index (χ2v) is 7.02. The lowest BCUT2D eigenvalue weighted by atomic mass is 10.0. The van der Waals surface area contributed by atoms with Crippen LogP contribution in [0.4, 0.5) is 5.69 Å². The van der Waals surface area contributed by atoms with Crippen LogP contribution in [0.2, 0.25) is 0 Å². The van der Waals surface area contributed by atoms with E-state index in [1.54, 1.807) is 0 Å². The zero-order valence-corrected chi connectivity index (χ0v) is 14.5. The first-order valence-electron chi connectivity index (χ1n) is 7.52. The summed E-state index contributed by atoms with van der Waals surface area (Å²) in [7, 11) is 0. The number of hydrogen-bond donors (Lipinski definition) is 1. The molecule has 0 spiro atoms. The third kappa shape index (κ3) is 3.77. The fourth-order valence-corrected chi connectivity index (χ4v) is 3.32. The number of benzene rings is 2. The first-order chi connectivity index (χ1) is 10.2. The molecule has 3 rings (SSSR count). The molecule has 2 atom stereocenters. The van der Waals surface area contributed by atoms with Crippen LogP contribution in [0, 0.1) is 3.57 Å². The van der Waals surface area contributed by atoms with Crippen LogP contribution in [0.3, 0.4) is 0 Å². The largest absolute Gasteiger partial charge is 0.366 e. The van der Waals surface area contributed by atoms with Crippen molar-refractivity contribution in [3.8, 4) is 0 Å². The van der Waals surface area contributed by atoms with E-state index in [9.17, 15) is 0 Å². The van der Waals surface area contributed by atoms with Gasteiger partial charge >= 0.3 is 0 Å². The van der Waals surface area contributed by atoms with Gasteiger partial charge in [0.2, 0.25) is 0 Å². The number of nitrogens with zero attached hydrogens (tertiary/aromatic N) is 1. The normalized spacial score (nSPS) is 22.3. The van der Waals surface area contributed by atoms with Crippen LogP contribution in [-0.4, -0.2) is 25.2 Å². The molecule has 2 unspecified atom stereocenters. The molecular weight excluding hydrogens is 371 g/mol. The van der Waals surface area contributed by atoms with Gasteiger partial charge in [-0.2, -0.15) is 0 Å². The molecule has 1 N–H and O–H groups in total. The number of anilines is 1. The molecule has 3 heteroatoms. The van der Waals surface area contributed by atoms with Crippen LogP contribution in [0.5, 0.6) is 0 Å². The van der Waals surface area contributed by atoms with E-state index < -0.39 is 0 Å². The first kappa shape index (κ1) is 14.9. The third-order valence-corrected chi connectivity index (χ3v) is 4.85. The summed E-state index contributed by atoms with van der Waals surface area (Å²) in [6.07, 6.45) is 1.09. The van der Waals surface area contributed by atoms with Crippen molar-refractivity contribution in [3.63, 3.8) is 0 Å². The molecule has 1 saturated heterocycles. The fourth-order valence-electron chi connectivity index (χ4n) is 2.96. The SMILES string of the molecule is CC1CNC(Cc2ccccc2)CN1c1ccc(I)cc1. The highest BCUT2D eigenvalue weighted by atomic mass is 127. The smallest absolute Gasteiger partial charge is 0.0387 e. The Hall–Kier alpha value is -1.07. The van der Waals surface area contributed by atoms with Crippen molar-refractivity contribution in [2.24, 2.45) is 0 Å². The lowest BCUT2D eigenvalue weighted by Gasteiger charge is -2.40. The number of piperazine rings is 1. The molecule has 1 aliphatic rings. The Kier molecular flexibility index (Phi) is 4.80. The van der Waals surface area contributed by atoms with Gasteiger partial charge in [-0.3, -0.25) is 0 Å². The Morgan fingerprint density at radius 1 is 1.10 bits per heavy atom. The van der Waals surface area contributed by atoms with Gasteiger partial charge in [0.1, 0.15) is 0 Å². The van der Waals surface area contributed by atoms with Gasteiger partial charge in [-0.05, 0) is 65.8 Å². The van der Waals surface area contributed by atoms with Crippen molar-refractivity contribution >= 4 is 28.3 Å². The monoisotopic (exact) mass is 392 g/mol. The minimum absolute atomic E-state index is 0.517. The molecule has 1 aliphatic heterocycles. The Balaban J connectivity index is 1.71. The summed E-state index contributed by atoms with van der Waals surface area (Å²) in [4.78, 5) is 2.53. The van der Waals surface area contributed by atoms with Crippen molar-refractivity contribution in [1.82, 2.24) is 5.32 Å². The Bertz CT molecular complexity index is 568. The maximum atomic E-state index is 3.69. The lowest BCUT2D eigenvalue weighted by molar-refractivity contribution is 0.403. The maximum Gasteiger partial charge on any atom is 0.0387 e. The predicted molar refractivity (Wildman–Crippen MR) is 97.9 cm³/mol. The van der Waals surface area contributed by atoms with E-state index in [0.717, 1.165) is 19.5 Å². The number of halogens is 1. The summed E-state index contributed by atoms with van der Waals surface area (Å²) in [5.41, 5.74) is 2.74. The molecule has 2 aromatic carbocycles. The second-order valence-electron chi connectivity index (χ2n) is 5.77. The highest BCUT2D eigenvalue weighted by Gasteiger charge is 2.25. The van der Waals surface area contributed by atoms with Crippen LogP contribution in [0.25, 0.3) is 0 Å². The predicted octanol–water partition coefficient (Wildman–Crippen LogP) is 3.70. The van der Waals surface area contributed by atoms with Crippen LogP contribution in [0.15, 0.2) is 54.6 Å². The fraction of sp³-hybridized carbons (Fsp3) is 0.333. The summed E-state index contributed by atoms with van der Waals surface area (Å²) in [6.45, 7) is 4.41. The second kappa shape index (κ2) is 6.79. The van der Waals surface area contributed by atoms with E-state index in [2.05, 4.69) is 94.3 Å². The van der Waals surface area contributed by atoms with Crippen molar-refractivity contribution < 1.29 is 0 Å². The van der Waals surface area contributed by atoms with Gasteiger partial charge in [-0.15, -0.1) is 0 Å². The van der Waals surface area contributed by atoms with Gasteiger partial charge in [-0.25, -0.2) is 0 Å². The molecule has 1 fully saturated rings. The van der Waals surface area contributed by atoms with Crippen LogP contribution in [-0.2, 0) is 6.42 Å². The van der Waals surface area contributed by atoms with Gasteiger partial charge in [0, 0.05) is 34.4 Å². The quantitative estimate of drug-likeness (QED) is 0.802. The van der Waals surface area contributed by atoms with Gasteiger partial charge < -0.3 is 10.2 Å². The lowest BCUT2D eigenvalue weighted by Crippen LogP contribution is -2.56. The molecule has 21 heavy (non-hydrogen) atoms. The first-order valence-corrected chi connectivity index (χ1v) is 8.60. The summed E-state index contributed by atoms with van der Waals surface area (Å²) >= 11 is 2.36. The van der Waals surface area contributed by atoms with E-state index in [4.69, 9.17) is 0 Å². The highest BCUT2D eigenvalue weighted by Crippen LogP contribution is 2.22. The summed E-state index contributed by atoms with van der Waals surface area (Å²) in [5, 5.41) is 3.69. The molecule has 2 nitrogen and oxygen atoms in total. The van der Waals surface area contributed by atoms with Crippen molar-refractivity contribution in [2.75, 3.05) is 18.0 Å². The molecule has 0 radical (unpaired) electrons. The van der Waals surface area contributed by atoms with Crippen LogP contribution >= 0.6 is 22.6 Å². The molecule has 1 heterocycles. The van der Waals surface area contributed by atoms with Crippen molar-refractivity contribution in [3.05, 3.63) is 63.7 Å². The van der Waals surface area contributed by atoms with Gasteiger partial charge in [0.25, 0.3) is 0 Å². The highest BCUT2D eigenvalue weighted by molar-refractivity contribution is 14.1. The zero-order valence-electron chi connectivity index (χ0n) is 12.3. The number of hydrogen-bond acceptors (Lipinski definition) is 2. The molecule has 0 aromatic heterocycles. The van der Waals surface area contributed by atoms with Crippen LogP contribution < -0.4 is 10.2 Å². The molecule has 0 bridgehead atoms. The molecule has 0 aliphatic carbocycles. The topological polar surface area (TPSA) is 15.3 Å². The van der Waals surface area contributed by atoms with Crippen LogP contribution in [0.1, 0.15) is 12.5 Å². The van der Waals surface area contributed by atoms with E-state index in [-0.39, 0.29) is 0 Å². The Labute approximate surface area is 140 Å².